The Morgan fingerprint density at radius 3 is 2.76 bits per heavy atom. The van der Waals surface area contributed by atoms with Gasteiger partial charge >= 0.3 is 0 Å². The molecule has 0 amide bonds. The second-order valence-corrected chi connectivity index (χ2v) is 7.92. The van der Waals surface area contributed by atoms with E-state index in [1.165, 1.54) is 0 Å². The standard InChI is InChI=1S/C20H21FN6O2/c1-20-7-6-12(24-20)8-17(19(20)21)29-18-5-4-15(25-26-18)14-3-2-13(9-16(14)28)27-10-22-23-11-27/h2-5,9-12,17,19,24,28H,6-8H2,1H3/t12?,17-,19-,20+/m0/s1. The van der Waals surface area contributed by atoms with Gasteiger partial charge in [-0.1, -0.05) is 0 Å². The number of ether oxygens (including phenoxy) is 1. The minimum absolute atomic E-state index is 0.0610. The van der Waals surface area contributed by atoms with Crippen LogP contribution < -0.4 is 10.1 Å². The Hall–Kier alpha value is -3.07. The van der Waals surface area contributed by atoms with Crippen LogP contribution in [-0.4, -0.2) is 53.9 Å². The first kappa shape index (κ1) is 18.0. The molecule has 8 nitrogen and oxygen atoms in total. The molecular formula is C20H21FN6O2. The summed E-state index contributed by atoms with van der Waals surface area (Å²) in [5.41, 5.74) is 1.24. The molecule has 9 heteroatoms. The zero-order chi connectivity index (χ0) is 20.0. The molecule has 2 bridgehead atoms. The van der Waals surface area contributed by atoms with Gasteiger partial charge < -0.3 is 15.2 Å². The number of piperidine rings is 1. The summed E-state index contributed by atoms with van der Waals surface area (Å²) in [6.45, 7) is 1.91. The molecule has 5 rings (SSSR count). The molecule has 0 spiro atoms. The maximum Gasteiger partial charge on any atom is 0.233 e. The lowest BCUT2D eigenvalue weighted by Crippen LogP contribution is -2.59. The van der Waals surface area contributed by atoms with Crippen LogP contribution in [0.2, 0.25) is 0 Å². The SMILES string of the molecule is C[C@@]12CCC(C[C@H](Oc3ccc(-c4ccc(-n5cnnc5)cc4O)nn3)[C@@H]1F)N2. The number of nitrogens with zero attached hydrogens (tertiary/aromatic N) is 5. The van der Waals surface area contributed by atoms with Gasteiger partial charge in [-0.25, -0.2) is 4.39 Å². The van der Waals surface area contributed by atoms with Crippen LogP contribution in [0.3, 0.4) is 0 Å². The molecular weight excluding hydrogens is 375 g/mol. The zero-order valence-corrected chi connectivity index (χ0v) is 15.9. The second-order valence-electron chi connectivity index (χ2n) is 7.92. The first-order valence-electron chi connectivity index (χ1n) is 9.62. The Kier molecular flexibility index (Phi) is 4.20. The van der Waals surface area contributed by atoms with Crippen molar-refractivity contribution in [1.82, 2.24) is 30.3 Å². The molecule has 4 atom stereocenters. The third-order valence-corrected chi connectivity index (χ3v) is 5.88. The highest BCUT2D eigenvalue weighted by Gasteiger charge is 2.51. The summed E-state index contributed by atoms with van der Waals surface area (Å²) in [6.07, 6.45) is 3.85. The van der Waals surface area contributed by atoms with E-state index >= 15 is 0 Å². The van der Waals surface area contributed by atoms with Gasteiger partial charge in [0.15, 0.2) is 6.17 Å². The van der Waals surface area contributed by atoms with Crippen LogP contribution in [0.1, 0.15) is 26.2 Å². The van der Waals surface area contributed by atoms with Crippen LogP contribution in [0.5, 0.6) is 11.6 Å². The van der Waals surface area contributed by atoms with Gasteiger partial charge in [-0.3, -0.25) is 4.57 Å². The number of alkyl halides is 1. The van der Waals surface area contributed by atoms with E-state index in [2.05, 4.69) is 25.7 Å². The third-order valence-electron chi connectivity index (χ3n) is 5.88. The number of phenolic OH excluding ortho intramolecular Hbond substituents is 1. The van der Waals surface area contributed by atoms with Gasteiger partial charge in [-0.2, -0.15) is 0 Å². The third kappa shape index (κ3) is 3.21. The van der Waals surface area contributed by atoms with Gasteiger partial charge in [-0.15, -0.1) is 20.4 Å². The number of nitrogens with one attached hydrogen (secondary N) is 1. The van der Waals surface area contributed by atoms with Crippen molar-refractivity contribution in [3.8, 4) is 28.6 Å². The molecule has 1 unspecified atom stereocenters. The summed E-state index contributed by atoms with van der Waals surface area (Å²) in [7, 11) is 0. The predicted molar refractivity (Wildman–Crippen MR) is 103 cm³/mol. The number of phenols is 1. The van der Waals surface area contributed by atoms with Crippen LogP contribution >= 0.6 is 0 Å². The number of benzene rings is 1. The van der Waals surface area contributed by atoms with Crippen molar-refractivity contribution < 1.29 is 14.2 Å². The first-order chi connectivity index (χ1) is 14.0. The fourth-order valence-corrected chi connectivity index (χ4v) is 4.31. The van der Waals surface area contributed by atoms with E-state index < -0.39 is 17.8 Å². The molecule has 1 aromatic carbocycles. The lowest BCUT2D eigenvalue weighted by Gasteiger charge is -2.39. The average Bonchev–Trinajstić information content (AvgIpc) is 3.36. The van der Waals surface area contributed by atoms with E-state index in [1.807, 2.05) is 13.0 Å². The number of halogens is 1. The van der Waals surface area contributed by atoms with Crippen LogP contribution in [0, 0.1) is 0 Å². The number of hydrogen-bond donors (Lipinski definition) is 2. The minimum Gasteiger partial charge on any atom is -0.507 e. The van der Waals surface area contributed by atoms with Crippen molar-refractivity contribution >= 4 is 0 Å². The smallest absolute Gasteiger partial charge is 0.233 e. The molecule has 0 aliphatic carbocycles. The summed E-state index contributed by atoms with van der Waals surface area (Å²) >= 11 is 0. The van der Waals surface area contributed by atoms with Crippen molar-refractivity contribution in [2.24, 2.45) is 0 Å². The van der Waals surface area contributed by atoms with E-state index in [4.69, 9.17) is 4.74 Å². The molecule has 150 valence electrons. The molecule has 4 heterocycles. The molecule has 2 aromatic heterocycles. The minimum atomic E-state index is -1.10. The van der Waals surface area contributed by atoms with Gasteiger partial charge in [0, 0.05) is 30.2 Å². The topological polar surface area (TPSA) is 98.0 Å². The first-order valence-corrected chi connectivity index (χ1v) is 9.62. The lowest BCUT2D eigenvalue weighted by atomic mass is 9.88. The van der Waals surface area contributed by atoms with Gasteiger partial charge in [-0.05, 0) is 38.0 Å². The van der Waals surface area contributed by atoms with E-state index in [0.29, 0.717) is 17.7 Å². The summed E-state index contributed by atoms with van der Waals surface area (Å²) in [4.78, 5) is 0. The normalized spacial score (nSPS) is 28.4. The summed E-state index contributed by atoms with van der Waals surface area (Å²) < 4.78 is 22.4. The van der Waals surface area contributed by atoms with Crippen molar-refractivity contribution in [3.05, 3.63) is 43.0 Å². The van der Waals surface area contributed by atoms with Crippen molar-refractivity contribution in [1.29, 1.82) is 0 Å². The Morgan fingerprint density at radius 1 is 1.21 bits per heavy atom. The molecule has 2 saturated heterocycles. The van der Waals surface area contributed by atoms with Crippen molar-refractivity contribution in [2.75, 3.05) is 0 Å². The zero-order valence-electron chi connectivity index (χ0n) is 15.9. The van der Waals surface area contributed by atoms with Gasteiger partial charge in [0.05, 0.1) is 16.9 Å². The molecule has 29 heavy (non-hydrogen) atoms. The molecule has 2 fully saturated rings. The highest BCUT2D eigenvalue weighted by molar-refractivity contribution is 5.68. The number of hydrogen-bond acceptors (Lipinski definition) is 7. The van der Waals surface area contributed by atoms with E-state index in [0.717, 1.165) is 18.5 Å². The van der Waals surface area contributed by atoms with Gasteiger partial charge in [0.2, 0.25) is 5.88 Å². The van der Waals surface area contributed by atoms with E-state index in [1.54, 1.807) is 41.5 Å². The monoisotopic (exact) mass is 396 g/mol. The van der Waals surface area contributed by atoms with E-state index in [9.17, 15) is 9.50 Å². The van der Waals surface area contributed by atoms with Gasteiger partial charge in [0.1, 0.15) is 24.5 Å². The maximum absolute atomic E-state index is 14.9. The average molecular weight is 396 g/mol. The number of aromatic hydroxyl groups is 1. The summed E-state index contributed by atoms with van der Waals surface area (Å²) in [5.74, 6) is 0.345. The Morgan fingerprint density at radius 2 is 2.03 bits per heavy atom. The van der Waals surface area contributed by atoms with Crippen LogP contribution in [0.4, 0.5) is 4.39 Å². The molecule has 0 radical (unpaired) electrons. The van der Waals surface area contributed by atoms with Crippen LogP contribution in [0.15, 0.2) is 43.0 Å². The van der Waals surface area contributed by atoms with Crippen LogP contribution in [0.25, 0.3) is 16.9 Å². The fourth-order valence-electron chi connectivity index (χ4n) is 4.31. The van der Waals surface area contributed by atoms with Crippen molar-refractivity contribution in [3.63, 3.8) is 0 Å². The highest BCUT2D eigenvalue weighted by Crippen LogP contribution is 2.39. The van der Waals surface area contributed by atoms with Crippen LogP contribution in [-0.2, 0) is 0 Å². The Bertz CT molecular complexity index is 1010. The highest BCUT2D eigenvalue weighted by atomic mass is 19.1. The summed E-state index contributed by atoms with van der Waals surface area (Å²) in [6, 6.07) is 8.83. The number of aromatic nitrogens is 5. The number of rotatable bonds is 4. The lowest BCUT2D eigenvalue weighted by molar-refractivity contribution is 0.00813. The summed E-state index contributed by atoms with van der Waals surface area (Å²) in [5, 5.41) is 29.5. The quantitative estimate of drug-likeness (QED) is 0.699. The maximum atomic E-state index is 14.9. The second kappa shape index (κ2) is 6.77. The molecule has 0 saturated carbocycles. The molecule has 2 aliphatic rings. The van der Waals surface area contributed by atoms with Gasteiger partial charge in [0.25, 0.3) is 0 Å². The number of fused-ring (bicyclic) bond motifs is 2. The molecule has 2 N–H and O–H groups in total. The largest absolute Gasteiger partial charge is 0.507 e. The van der Waals surface area contributed by atoms with E-state index in [-0.39, 0.29) is 17.7 Å². The molecule has 2 aliphatic heterocycles. The molecule has 3 aromatic rings. The fraction of sp³-hybridized carbons (Fsp3) is 0.400. The predicted octanol–water partition coefficient (Wildman–Crippen LogP) is 2.43. The van der Waals surface area contributed by atoms with Crippen molar-refractivity contribution in [2.45, 2.75) is 50.0 Å². The Balaban J connectivity index is 1.33. The Labute approximate surface area is 166 Å².